The number of nitrogen functional groups attached to an aromatic ring is 1. The number of aryl methyl sites for hydroxylation is 2. The highest BCUT2D eigenvalue weighted by Gasteiger charge is 2.38. The Kier molecular flexibility index (Phi) is 7.93. The molecule has 2 aliphatic rings. The van der Waals surface area contributed by atoms with E-state index in [4.69, 9.17) is 32.0 Å². The Bertz CT molecular complexity index is 1460. The summed E-state index contributed by atoms with van der Waals surface area (Å²) >= 11 is 6.49. The van der Waals surface area contributed by atoms with E-state index in [9.17, 15) is 21.6 Å². The molecule has 38 heavy (non-hydrogen) atoms. The van der Waals surface area contributed by atoms with Crippen molar-refractivity contribution in [1.29, 1.82) is 0 Å². The van der Waals surface area contributed by atoms with Crippen molar-refractivity contribution in [3.63, 3.8) is 0 Å². The number of aromatic nitrogens is 2. The first-order valence-electron chi connectivity index (χ1n) is 11.3. The molecule has 1 aliphatic carbocycles. The molecule has 1 fully saturated rings. The van der Waals surface area contributed by atoms with Gasteiger partial charge in [-0.25, -0.2) is 23.2 Å². The van der Waals surface area contributed by atoms with Crippen molar-refractivity contribution >= 4 is 33.5 Å². The summed E-state index contributed by atoms with van der Waals surface area (Å²) in [5, 5.41) is 7.35. The van der Waals surface area contributed by atoms with Crippen LogP contribution in [0.5, 0.6) is 0 Å². The van der Waals surface area contributed by atoms with Crippen molar-refractivity contribution in [2.45, 2.75) is 23.9 Å². The number of nitrogens with zero attached hydrogens (tertiary/aromatic N) is 3. The van der Waals surface area contributed by atoms with Crippen LogP contribution in [-0.2, 0) is 32.4 Å². The van der Waals surface area contributed by atoms with E-state index in [1.54, 1.807) is 12.1 Å². The summed E-state index contributed by atoms with van der Waals surface area (Å²) in [6, 6.07) is 13.1. The number of carboxylic acids is 1. The molecular formula is C24H22ClF3N4O5S. The number of carboxylic acid groups (broad SMARTS) is 1. The number of sulfonamides is 1. The van der Waals surface area contributed by atoms with E-state index in [2.05, 4.69) is 9.97 Å². The third-order valence-corrected chi connectivity index (χ3v) is 8.30. The summed E-state index contributed by atoms with van der Waals surface area (Å²) in [4.78, 5) is 18.0. The molecule has 0 bridgehead atoms. The Labute approximate surface area is 221 Å². The second-order valence-corrected chi connectivity index (χ2v) is 10.7. The molecule has 5 rings (SSSR count). The number of aliphatic carboxylic acids is 1. The van der Waals surface area contributed by atoms with E-state index in [-0.39, 0.29) is 15.9 Å². The van der Waals surface area contributed by atoms with Gasteiger partial charge in [-0.3, -0.25) is 0 Å². The minimum absolute atomic E-state index is 0.0958. The van der Waals surface area contributed by atoms with Crippen LogP contribution in [0, 0.1) is 0 Å². The van der Waals surface area contributed by atoms with Gasteiger partial charge in [0.2, 0.25) is 16.0 Å². The Morgan fingerprint density at radius 1 is 1.08 bits per heavy atom. The van der Waals surface area contributed by atoms with Gasteiger partial charge in [-0.05, 0) is 36.1 Å². The van der Waals surface area contributed by atoms with E-state index < -0.39 is 22.2 Å². The highest BCUT2D eigenvalue weighted by Crippen LogP contribution is 2.42. The van der Waals surface area contributed by atoms with E-state index >= 15 is 0 Å². The van der Waals surface area contributed by atoms with E-state index in [1.807, 2.05) is 30.3 Å². The van der Waals surface area contributed by atoms with E-state index in [0.717, 1.165) is 27.9 Å². The fourth-order valence-corrected chi connectivity index (χ4v) is 6.16. The average Bonchev–Trinajstić information content (AvgIpc) is 2.88. The first kappa shape index (κ1) is 27.8. The van der Waals surface area contributed by atoms with Gasteiger partial charge in [0.25, 0.3) is 0 Å². The lowest BCUT2D eigenvalue weighted by Crippen LogP contribution is -2.40. The van der Waals surface area contributed by atoms with Crippen molar-refractivity contribution in [2.75, 3.05) is 32.0 Å². The summed E-state index contributed by atoms with van der Waals surface area (Å²) in [6.07, 6.45) is -3.70. The first-order valence-corrected chi connectivity index (χ1v) is 13.1. The number of ether oxygens (including phenoxy) is 1. The van der Waals surface area contributed by atoms with E-state index in [1.165, 1.54) is 4.31 Å². The number of halogens is 4. The van der Waals surface area contributed by atoms with Crippen molar-refractivity contribution < 1.29 is 36.2 Å². The third kappa shape index (κ3) is 5.75. The molecule has 0 spiro atoms. The number of nitrogens with two attached hydrogens (primary N) is 1. The maximum absolute atomic E-state index is 13.3. The van der Waals surface area contributed by atoms with Crippen LogP contribution in [0.25, 0.3) is 22.4 Å². The number of carbonyl (C=O) groups is 1. The second-order valence-electron chi connectivity index (χ2n) is 8.38. The third-order valence-electron chi connectivity index (χ3n) is 5.94. The summed E-state index contributed by atoms with van der Waals surface area (Å²) in [5.74, 6) is -2.55. The number of anilines is 1. The van der Waals surface area contributed by atoms with Gasteiger partial charge in [-0.15, -0.1) is 0 Å². The molecule has 0 radical (unpaired) electrons. The van der Waals surface area contributed by atoms with Gasteiger partial charge in [-0.1, -0.05) is 41.9 Å². The van der Waals surface area contributed by atoms with Crippen LogP contribution in [0.15, 0.2) is 47.4 Å². The number of benzene rings is 2. The zero-order valence-corrected chi connectivity index (χ0v) is 21.3. The van der Waals surface area contributed by atoms with Crippen LogP contribution in [0.4, 0.5) is 19.1 Å². The summed E-state index contributed by atoms with van der Waals surface area (Å²) < 4.78 is 65.2. The van der Waals surface area contributed by atoms with Gasteiger partial charge in [0.1, 0.15) is 4.90 Å². The van der Waals surface area contributed by atoms with Gasteiger partial charge in [0, 0.05) is 24.2 Å². The van der Waals surface area contributed by atoms with Gasteiger partial charge >= 0.3 is 12.1 Å². The van der Waals surface area contributed by atoms with Crippen molar-refractivity contribution in [2.24, 2.45) is 0 Å². The first-order chi connectivity index (χ1) is 17.9. The van der Waals surface area contributed by atoms with Crippen molar-refractivity contribution in [1.82, 2.24) is 14.3 Å². The predicted molar refractivity (Wildman–Crippen MR) is 133 cm³/mol. The topological polar surface area (TPSA) is 136 Å². The Morgan fingerprint density at radius 2 is 1.71 bits per heavy atom. The Hall–Kier alpha value is -3.26. The molecule has 1 aliphatic heterocycles. The van der Waals surface area contributed by atoms with Gasteiger partial charge < -0.3 is 15.6 Å². The van der Waals surface area contributed by atoms with Crippen LogP contribution in [-0.4, -0.2) is 66.2 Å². The molecule has 202 valence electrons. The minimum Gasteiger partial charge on any atom is -0.475 e. The average molecular weight is 571 g/mol. The molecule has 3 N–H and O–H groups in total. The number of alkyl halides is 3. The van der Waals surface area contributed by atoms with Gasteiger partial charge in [0.15, 0.2) is 0 Å². The van der Waals surface area contributed by atoms with Crippen LogP contribution in [0.3, 0.4) is 0 Å². The van der Waals surface area contributed by atoms with Crippen LogP contribution >= 0.6 is 11.6 Å². The molecule has 1 aromatic heterocycles. The Morgan fingerprint density at radius 3 is 2.32 bits per heavy atom. The second kappa shape index (κ2) is 10.8. The fraction of sp³-hybridized carbons (Fsp3) is 0.292. The molecule has 0 amide bonds. The maximum Gasteiger partial charge on any atom is 0.490 e. The lowest BCUT2D eigenvalue weighted by atomic mass is 9.86. The molecule has 2 heterocycles. The molecule has 0 unspecified atom stereocenters. The van der Waals surface area contributed by atoms with Crippen molar-refractivity contribution in [3.05, 3.63) is 58.7 Å². The standard InChI is InChI=1S/C22H21ClN4O3S.C2HF3O2/c23-17-12-15-6-7-18-20(21(26-22(24)25-18)14-4-2-1-3-5-14)16(15)13-19(17)31(28,29)27-8-10-30-11-9-27;3-2(4,5)1(6)7/h1-5,12-13H,6-11H2,(H2,24,25,26);(H,6,7). The number of rotatable bonds is 3. The molecule has 0 saturated carbocycles. The highest BCUT2D eigenvalue weighted by atomic mass is 35.5. The van der Waals surface area contributed by atoms with Gasteiger partial charge in [-0.2, -0.15) is 17.5 Å². The zero-order chi connectivity index (χ0) is 27.7. The summed E-state index contributed by atoms with van der Waals surface area (Å²) in [6.45, 7) is 1.36. The van der Waals surface area contributed by atoms with Crippen LogP contribution in [0.1, 0.15) is 11.3 Å². The molecular weight excluding hydrogens is 549 g/mol. The molecule has 9 nitrogen and oxygen atoms in total. The molecule has 1 saturated heterocycles. The predicted octanol–water partition coefficient (Wildman–Crippen LogP) is 3.80. The molecule has 2 aromatic carbocycles. The number of fused-ring (bicyclic) bond motifs is 3. The van der Waals surface area contributed by atoms with Gasteiger partial charge in [0.05, 0.1) is 29.6 Å². The quantitative estimate of drug-likeness (QED) is 0.485. The lowest BCUT2D eigenvalue weighted by Gasteiger charge is -2.28. The van der Waals surface area contributed by atoms with E-state index in [0.29, 0.717) is 44.8 Å². The van der Waals surface area contributed by atoms with Crippen LogP contribution in [0.2, 0.25) is 5.02 Å². The molecule has 0 atom stereocenters. The number of morpholine rings is 1. The van der Waals surface area contributed by atoms with Crippen molar-refractivity contribution in [3.8, 4) is 22.4 Å². The minimum atomic E-state index is -5.08. The number of hydrogen-bond acceptors (Lipinski definition) is 7. The Balaban J connectivity index is 0.000000426. The maximum atomic E-state index is 13.3. The monoisotopic (exact) mass is 570 g/mol. The lowest BCUT2D eigenvalue weighted by molar-refractivity contribution is -0.192. The van der Waals surface area contributed by atoms with Crippen LogP contribution < -0.4 is 5.73 Å². The SMILES string of the molecule is Nc1nc2c(c(-c3ccccc3)n1)-c1cc(S(=O)(=O)N3CCOCC3)c(Cl)cc1CC2.O=C(O)C(F)(F)F. The largest absolute Gasteiger partial charge is 0.490 e. The zero-order valence-electron chi connectivity index (χ0n) is 19.7. The smallest absolute Gasteiger partial charge is 0.475 e. The summed E-state index contributed by atoms with van der Waals surface area (Å²) in [7, 11) is -3.76. The fourth-order valence-electron chi connectivity index (χ4n) is 4.21. The number of hydrogen-bond donors (Lipinski definition) is 2. The molecule has 3 aromatic rings. The normalized spacial score (nSPS) is 15.6. The highest BCUT2D eigenvalue weighted by molar-refractivity contribution is 7.89. The molecule has 14 heteroatoms. The summed E-state index contributed by atoms with van der Waals surface area (Å²) in [5.41, 5.74) is 11.0.